The third-order valence-corrected chi connectivity index (χ3v) is 5.26. The molecule has 1 unspecified atom stereocenters. The summed E-state index contributed by atoms with van der Waals surface area (Å²) < 4.78 is 5.27. The molecule has 1 amide bonds. The molecule has 0 spiro atoms. The van der Waals surface area contributed by atoms with Crippen LogP contribution in [-0.2, 0) is 6.42 Å². The van der Waals surface area contributed by atoms with E-state index in [4.69, 9.17) is 4.74 Å². The van der Waals surface area contributed by atoms with E-state index in [-0.39, 0.29) is 5.91 Å². The number of rotatable bonds is 7. The first-order chi connectivity index (χ1) is 13.6. The van der Waals surface area contributed by atoms with Gasteiger partial charge in [-0.25, -0.2) is 9.97 Å². The predicted molar refractivity (Wildman–Crippen MR) is 111 cm³/mol. The van der Waals surface area contributed by atoms with Crippen molar-refractivity contribution < 1.29 is 9.53 Å². The van der Waals surface area contributed by atoms with Crippen molar-refractivity contribution in [2.75, 3.05) is 25.5 Å². The highest BCUT2D eigenvalue weighted by molar-refractivity contribution is 5.93. The molecular formula is C22H30N4O2. The minimum absolute atomic E-state index is 0.0212. The van der Waals surface area contributed by atoms with Crippen molar-refractivity contribution >= 4 is 11.9 Å². The number of anilines is 1. The number of likely N-dealkylation sites (tertiary alicyclic amines) is 1. The molecule has 2 heterocycles. The van der Waals surface area contributed by atoms with Crippen molar-refractivity contribution in [3.8, 4) is 5.75 Å². The minimum Gasteiger partial charge on any atom is -0.497 e. The topological polar surface area (TPSA) is 67.4 Å². The highest BCUT2D eigenvalue weighted by atomic mass is 16.5. The summed E-state index contributed by atoms with van der Waals surface area (Å²) in [5.74, 6) is 1.38. The van der Waals surface area contributed by atoms with E-state index in [1.54, 1.807) is 13.2 Å². The number of nitrogens with zero attached hydrogens (tertiary/aromatic N) is 3. The number of carbonyl (C=O) groups excluding carboxylic acids is 1. The van der Waals surface area contributed by atoms with Crippen LogP contribution in [0.1, 0.15) is 54.4 Å². The summed E-state index contributed by atoms with van der Waals surface area (Å²) in [6.45, 7) is 5.55. The highest BCUT2D eigenvalue weighted by Crippen LogP contribution is 2.22. The smallest absolute Gasteiger partial charge is 0.272 e. The van der Waals surface area contributed by atoms with Gasteiger partial charge in [0.25, 0.3) is 5.91 Å². The van der Waals surface area contributed by atoms with Crippen LogP contribution in [-0.4, -0.2) is 47.0 Å². The van der Waals surface area contributed by atoms with Gasteiger partial charge in [-0.3, -0.25) is 4.79 Å². The van der Waals surface area contributed by atoms with Gasteiger partial charge < -0.3 is 15.0 Å². The van der Waals surface area contributed by atoms with Gasteiger partial charge in [0.05, 0.1) is 7.11 Å². The molecule has 0 aliphatic carbocycles. The maximum atomic E-state index is 13.0. The SMILES string of the molecule is CCC1CCCCN1C(=O)c1cc(C)nc(NCCc2cccc(OC)c2)n1. The van der Waals surface area contributed by atoms with Crippen LogP contribution in [0.5, 0.6) is 5.75 Å². The Hall–Kier alpha value is -2.63. The summed E-state index contributed by atoms with van der Waals surface area (Å²) in [6, 6.07) is 10.1. The number of aromatic nitrogens is 2. The molecule has 1 saturated heterocycles. The molecule has 28 heavy (non-hydrogen) atoms. The molecule has 6 heteroatoms. The summed E-state index contributed by atoms with van der Waals surface area (Å²) in [5.41, 5.74) is 2.46. The van der Waals surface area contributed by atoms with E-state index in [1.165, 1.54) is 12.0 Å². The Morgan fingerprint density at radius 1 is 1.29 bits per heavy atom. The number of benzene rings is 1. The number of piperidine rings is 1. The summed E-state index contributed by atoms with van der Waals surface area (Å²) in [4.78, 5) is 24.0. The Kier molecular flexibility index (Phi) is 6.85. The fourth-order valence-electron chi connectivity index (χ4n) is 3.74. The lowest BCUT2D eigenvalue weighted by molar-refractivity contribution is 0.0601. The normalized spacial score (nSPS) is 16.7. The van der Waals surface area contributed by atoms with E-state index >= 15 is 0 Å². The molecule has 2 aromatic rings. The van der Waals surface area contributed by atoms with Crippen LogP contribution in [0.15, 0.2) is 30.3 Å². The summed E-state index contributed by atoms with van der Waals surface area (Å²) in [6.07, 6.45) is 5.15. The van der Waals surface area contributed by atoms with Gasteiger partial charge in [-0.2, -0.15) is 0 Å². The van der Waals surface area contributed by atoms with Crippen LogP contribution in [0, 0.1) is 6.92 Å². The van der Waals surface area contributed by atoms with E-state index in [0.717, 1.165) is 43.7 Å². The minimum atomic E-state index is 0.0212. The summed E-state index contributed by atoms with van der Waals surface area (Å²) >= 11 is 0. The van der Waals surface area contributed by atoms with Crippen molar-refractivity contribution in [1.29, 1.82) is 0 Å². The first-order valence-corrected chi connectivity index (χ1v) is 10.1. The third-order valence-electron chi connectivity index (χ3n) is 5.26. The van der Waals surface area contributed by atoms with E-state index < -0.39 is 0 Å². The summed E-state index contributed by atoms with van der Waals surface area (Å²) in [7, 11) is 1.67. The molecule has 150 valence electrons. The molecule has 6 nitrogen and oxygen atoms in total. The van der Waals surface area contributed by atoms with E-state index in [9.17, 15) is 4.79 Å². The number of amides is 1. The van der Waals surface area contributed by atoms with E-state index in [0.29, 0.717) is 24.2 Å². The zero-order valence-electron chi connectivity index (χ0n) is 17.1. The first kappa shape index (κ1) is 20.1. The summed E-state index contributed by atoms with van der Waals surface area (Å²) in [5, 5.41) is 3.26. The number of nitrogens with one attached hydrogen (secondary N) is 1. The van der Waals surface area contributed by atoms with Gasteiger partial charge in [0, 0.05) is 24.8 Å². The molecule has 1 aromatic heterocycles. The Labute approximate surface area is 167 Å². The number of carbonyl (C=O) groups is 1. The molecule has 1 aliphatic heterocycles. The second kappa shape index (κ2) is 9.53. The lowest BCUT2D eigenvalue weighted by Crippen LogP contribution is -2.43. The lowest BCUT2D eigenvalue weighted by Gasteiger charge is -2.35. The molecule has 0 radical (unpaired) electrons. The standard InChI is InChI=1S/C22H30N4O2/c1-4-18-9-5-6-13-26(18)21(27)20-14-16(2)24-22(25-20)23-12-11-17-8-7-10-19(15-17)28-3/h7-8,10,14-15,18H,4-6,9,11-13H2,1-3H3,(H,23,24,25). The Bertz CT molecular complexity index is 809. The Morgan fingerprint density at radius 3 is 2.93 bits per heavy atom. The number of ether oxygens (including phenoxy) is 1. The van der Waals surface area contributed by atoms with Gasteiger partial charge in [-0.05, 0) is 62.8 Å². The van der Waals surface area contributed by atoms with Crippen LogP contribution < -0.4 is 10.1 Å². The molecule has 1 aromatic carbocycles. The maximum Gasteiger partial charge on any atom is 0.272 e. The second-order valence-electron chi connectivity index (χ2n) is 7.30. The van der Waals surface area contributed by atoms with Gasteiger partial charge >= 0.3 is 0 Å². The zero-order chi connectivity index (χ0) is 19.9. The molecule has 1 N–H and O–H groups in total. The Balaban J connectivity index is 1.66. The van der Waals surface area contributed by atoms with Crippen molar-refractivity contribution in [2.24, 2.45) is 0 Å². The van der Waals surface area contributed by atoms with Crippen LogP contribution in [0.4, 0.5) is 5.95 Å². The number of aryl methyl sites for hydroxylation is 1. The molecule has 1 aliphatic rings. The zero-order valence-corrected chi connectivity index (χ0v) is 17.1. The van der Waals surface area contributed by atoms with Crippen molar-refractivity contribution in [3.63, 3.8) is 0 Å². The van der Waals surface area contributed by atoms with Crippen molar-refractivity contribution in [3.05, 3.63) is 47.3 Å². The van der Waals surface area contributed by atoms with Gasteiger partial charge in [-0.15, -0.1) is 0 Å². The predicted octanol–water partition coefficient (Wildman–Crippen LogP) is 3.85. The van der Waals surface area contributed by atoms with Crippen LogP contribution in [0.3, 0.4) is 0 Å². The average Bonchev–Trinajstić information content (AvgIpc) is 2.73. The van der Waals surface area contributed by atoms with Gasteiger partial charge in [0.2, 0.25) is 5.95 Å². The van der Waals surface area contributed by atoms with Crippen LogP contribution in [0.25, 0.3) is 0 Å². The molecule has 3 rings (SSSR count). The van der Waals surface area contributed by atoms with Gasteiger partial charge in [0.15, 0.2) is 0 Å². The number of methoxy groups -OCH3 is 1. The molecular weight excluding hydrogens is 352 g/mol. The van der Waals surface area contributed by atoms with Crippen LogP contribution >= 0.6 is 0 Å². The lowest BCUT2D eigenvalue weighted by atomic mass is 9.99. The van der Waals surface area contributed by atoms with Crippen molar-refractivity contribution in [2.45, 2.75) is 52.0 Å². The third kappa shape index (κ3) is 5.00. The molecule has 1 atom stereocenters. The number of hydrogen-bond acceptors (Lipinski definition) is 5. The first-order valence-electron chi connectivity index (χ1n) is 10.1. The highest BCUT2D eigenvalue weighted by Gasteiger charge is 2.27. The largest absolute Gasteiger partial charge is 0.497 e. The molecule has 1 fully saturated rings. The Morgan fingerprint density at radius 2 is 2.14 bits per heavy atom. The maximum absolute atomic E-state index is 13.0. The van der Waals surface area contributed by atoms with Crippen LogP contribution in [0.2, 0.25) is 0 Å². The second-order valence-corrected chi connectivity index (χ2v) is 7.30. The monoisotopic (exact) mass is 382 g/mol. The van der Waals surface area contributed by atoms with Gasteiger partial charge in [0.1, 0.15) is 11.4 Å². The molecule has 0 bridgehead atoms. The average molecular weight is 383 g/mol. The van der Waals surface area contributed by atoms with Gasteiger partial charge in [-0.1, -0.05) is 19.1 Å². The molecule has 0 saturated carbocycles. The fourth-order valence-corrected chi connectivity index (χ4v) is 3.74. The number of hydrogen-bond donors (Lipinski definition) is 1. The van der Waals surface area contributed by atoms with Crippen molar-refractivity contribution in [1.82, 2.24) is 14.9 Å². The van der Waals surface area contributed by atoms with E-state index in [2.05, 4.69) is 28.3 Å². The quantitative estimate of drug-likeness (QED) is 0.788. The fraction of sp³-hybridized carbons (Fsp3) is 0.500. The van der Waals surface area contributed by atoms with E-state index in [1.807, 2.05) is 30.0 Å².